The van der Waals surface area contributed by atoms with Gasteiger partial charge in [0.05, 0.1) is 13.2 Å². The zero-order chi connectivity index (χ0) is 38.0. The van der Waals surface area contributed by atoms with Gasteiger partial charge in [-0.1, -0.05) is 54.6 Å². The van der Waals surface area contributed by atoms with Crippen molar-refractivity contribution in [1.82, 2.24) is 15.1 Å². The Balaban J connectivity index is 0.734. The molecule has 3 amide bonds. The van der Waals surface area contributed by atoms with Gasteiger partial charge in [0.2, 0.25) is 11.8 Å². The lowest BCUT2D eigenvalue weighted by Gasteiger charge is -2.46. The van der Waals surface area contributed by atoms with Crippen molar-refractivity contribution in [2.75, 3.05) is 37.7 Å². The second kappa shape index (κ2) is 14.2. The SMILES string of the molecule is O=C1CCC(N2Cc3cc4c(cc3C2=O)CN(CC2COC3(CCN(c5ccc([C@@H]6c7ccc(O)cc7CC[C@@H]6c6ccccc6)cc5)CC3)OC2)C4)C(=O)N1. The normalized spacial score (nSPS) is 24.9. The highest BCUT2D eigenvalue weighted by Gasteiger charge is 2.43. The van der Waals surface area contributed by atoms with Crippen LogP contribution in [0.4, 0.5) is 5.69 Å². The number of nitrogens with one attached hydrogen (secondary N) is 1. The van der Waals surface area contributed by atoms with Gasteiger partial charge in [-0.15, -0.1) is 0 Å². The number of benzene rings is 4. The lowest BCUT2D eigenvalue weighted by atomic mass is 9.69. The van der Waals surface area contributed by atoms with E-state index in [1.165, 1.54) is 33.5 Å². The van der Waals surface area contributed by atoms with E-state index < -0.39 is 11.8 Å². The Labute approximate surface area is 327 Å². The van der Waals surface area contributed by atoms with E-state index in [9.17, 15) is 19.5 Å². The molecule has 288 valence electrons. The zero-order valence-corrected chi connectivity index (χ0v) is 31.6. The van der Waals surface area contributed by atoms with Crippen LogP contribution in [0.15, 0.2) is 84.9 Å². The number of hydrogen-bond donors (Lipinski definition) is 2. The maximum Gasteiger partial charge on any atom is 0.255 e. The molecule has 0 saturated carbocycles. The van der Waals surface area contributed by atoms with Gasteiger partial charge in [-0.2, -0.15) is 0 Å². The number of hydrogen-bond acceptors (Lipinski definition) is 8. The maximum atomic E-state index is 13.3. The van der Waals surface area contributed by atoms with Crippen molar-refractivity contribution >= 4 is 23.4 Å². The minimum absolute atomic E-state index is 0.122. The molecule has 4 aromatic carbocycles. The van der Waals surface area contributed by atoms with Crippen LogP contribution in [0.3, 0.4) is 0 Å². The van der Waals surface area contributed by atoms with Crippen LogP contribution in [-0.4, -0.2) is 77.3 Å². The average molecular weight is 753 g/mol. The van der Waals surface area contributed by atoms with E-state index in [1.807, 2.05) is 18.2 Å². The summed E-state index contributed by atoms with van der Waals surface area (Å²) in [5.74, 6) is -0.0848. The summed E-state index contributed by atoms with van der Waals surface area (Å²) < 4.78 is 13.1. The van der Waals surface area contributed by atoms with Crippen molar-refractivity contribution in [3.05, 3.63) is 129 Å². The largest absolute Gasteiger partial charge is 0.508 e. The Morgan fingerprint density at radius 1 is 0.750 bits per heavy atom. The minimum Gasteiger partial charge on any atom is -0.508 e. The number of piperidine rings is 2. The van der Waals surface area contributed by atoms with Gasteiger partial charge in [0, 0.05) is 81.6 Å². The summed E-state index contributed by atoms with van der Waals surface area (Å²) in [6.45, 7) is 5.92. The number of imide groups is 1. The molecule has 10 heteroatoms. The van der Waals surface area contributed by atoms with E-state index in [4.69, 9.17) is 9.47 Å². The highest BCUT2D eigenvalue weighted by atomic mass is 16.7. The highest BCUT2D eigenvalue weighted by Crippen LogP contribution is 2.47. The number of aryl methyl sites for hydroxylation is 1. The third kappa shape index (κ3) is 6.47. The number of nitrogens with zero attached hydrogens (tertiary/aromatic N) is 3. The molecule has 1 spiro atoms. The number of carbonyl (C=O) groups is 3. The molecule has 2 N–H and O–H groups in total. The summed E-state index contributed by atoms with van der Waals surface area (Å²) in [7, 11) is 0. The number of amides is 3. The molecule has 1 aliphatic carbocycles. The van der Waals surface area contributed by atoms with Crippen LogP contribution < -0.4 is 10.2 Å². The van der Waals surface area contributed by atoms with Crippen molar-refractivity contribution in [2.45, 2.75) is 81.8 Å². The molecule has 0 radical (unpaired) electrons. The Morgan fingerprint density at radius 2 is 1.50 bits per heavy atom. The molecular formula is C46H48N4O6. The van der Waals surface area contributed by atoms with E-state index in [0.29, 0.717) is 43.4 Å². The summed E-state index contributed by atoms with van der Waals surface area (Å²) >= 11 is 0. The highest BCUT2D eigenvalue weighted by molar-refractivity contribution is 6.05. The summed E-state index contributed by atoms with van der Waals surface area (Å²) in [6, 6.07) is 29.5. The first-order valence-corrected chi connectivity index (χ1v) is 20.3. The fourth-order valence-corrected chi connectivity index (χ4v) is 10.3. The summed E-state index contributed by atoms with van der Waals surface area (Å²) in [5.41, 5.74) is 10.5. The van der Waals surface area contributed by atoms with Crippen LogP contribution >= 0.6 is 0 Å². The third-order valence-corrected chi connectivity index (χ3v) is 13.3. The topological polar surface area (TPSA) is 112 Å². The van der Waals surface area contributed by atoms with E-state index >= 15 is 0 Å². The van der Waals surface area contributed by atoms with E-state index in [1.54, 1.807) is 4.90 Å². The van der Waals surface area contributed by atoms with E-state index in [-0.39, 0.29) is 36.0 Å². The van der Waals surface area contributed by atoms with Gasteiger partial charge in [0.1, 0.15) is 11.8 Å². The standard InChI is InChI=1S/C46H48N4O6/c51-37-11-13-39-32(21-37)8-12-38(30-4-2-1-3-5-30)43(39)31-6-9-36(10-7-31)49-18-16-46(17-19-49)55-27-29(28-56-46)23-48-24-33-20-35-26-50(41-14-15-42(52)47-44(41)53)45(54)40(35)22-34(33)25-48/h1-7,9-11,13,20-22,29,38,41,43,51H,8,12,14-19,23-28H2,(H,47,52,53)/t38-,41?,43+/m1/s1. The minimum atomic E-state index is -0.593. The number of fused-ring (bicyclic) bond motifs is 3. The third-order valence-electron chi connectivity index (χ3n) is 13.3. The Morgan fingerprint density at radius 3 is 2.25 bits per heavy atom. The Hall–Kier alpha value is -5.03. The summed E-state index contributed by atoms with van der Waals surface area (Å²) in [6.07, 6.45) is 4.28. The number of aromatic hydroxyl groups is 1. The van der Waals surface area contributed by atoms with Crippen LogP contribution in [0.25, 0.3) is 0 Å². The lowest BCUT2D eigenvalue weighted by molar-refractivity contribution is -0.291. The molecule has 3 atom stereocenters. The molecule has 0 bridgehead atoms. The number of anilines is 1. The molecule has 4 aromatic rings. The number of ether oxygens (including phenoxy) is 2. The molecule has 10 rings (SSSR count). The fraction of sp³-hybridized carbons (Fsp3) is 0.413. The van der Waals surface area contributed by atoms with Crippen molar-refractivity contribution in [3.63, 3.8) is 0 Å². The molecule has 3 saturated heterocycles. The monoisotopic (exact) mass is 752 g/mol. The summed E-state index contributed by atoms with van der Waals surface area (Å²) in [5, 5.41) is 12.6. The van der Waals surface area contributed by atoms with Crippen LogP contribution in [-0.2, 0) is 45.1 Å². The first kappa shape index (κ1) is 35.4. The van der Waals surface area contributed by atoms with Crippen LogP contribution in [0, 0.1) is 5.92 Å². The molecule has 56 heavy (non-hydrogen) atoms. The molecule has 3 fully saturated rings. The average Bonchev–Trinajstić information content (AvgIpc) is 3.76. The molecule has 0 aromatic heterocycles. The molecule has 6 aliphatic rings. The lowest BCUT2D eigenvalue weighted by Crippen LogP contribution is -2.53. The molecule has 1 unspecified atom stereocenters. The van der Waals surface area contributed by atoms with Crippen LogP contribution in [0.2, 0.25) is 0 Å². The Kier molecular flexibility index (Phi) is 8.95. The predicted octanol–water partition coefficient (Wildman–Crippen LogP) is 5.99. The van der Waals surface area contributed by atoms with Crippen molar-refractivity contribution in [1.29, 1.82) is 0 Å². The number of phenolic OH excluding ortho intramolecular Hbond substituents is 1. The predicted molar refractivity (Wildman–Crippen MR) is 210 cm³/mol. The van der Waals surface area contributed by atoms with Gasteiger partial charge >= 0.3 is 0 Å². The second-order valence-electron chi connectivity index (χ2n) is 16.7. The molecule has 10 nitrogen and oxygen atoms in total. The maximum absolute atomic E-state index is 13.3. The number of rotatable bonds is 6. The van der Waals surface area contributed by atoms with Gasteiger partial charge < -0.3 is 24.4 Å². The van der Waals surface area contributed by atoms with Crippen molar-refractivity contribution < 1.29 is 29.0 Å². The number of carbonyl (C=O) groups excluding carboxylic acids is 3. The first-order valence-electron chi connectivity index (χ1n) is 20.3. The Bertz CT molecular complexity index is 2170. The molecular weight excluding hydrogens is 705 g/mol. The zero-order valence-electron chi connectivity index (χ0n) is 31.6. The van der Waals surface area contributed by atoms with Crippen molar-refractivity contribution in [3.8, 4) is 5.75 Å². The molecule has 5 aliphatic heterocycles. The smallest absolute Gasteiger partial charge is 0.255 e. The summed E-state index contributed by atoms with van der Waals surface area (Å²) in [4.78, 5) is 43.9. The van der Waals surface area contributed by atoms with Gasteiger partial charge in [0.25, 0.3) is 5.91 Å². The van der Waals surface area contributed by atoms with Crippen LogP contribution in [0.1, 0.15) is 93.2 Å². The van der Waals surface area contributed by atoms with Gasteiger partial charge in [-0.25, -0.2) is 0 Å². The quantitative estimate of drug-likeness (QED) is 0.231. The van der Waals surface area contributed by atoms with Gasteiger partial charge in [0.15, 0.2) is 5.79 Å². The van der Waals surface area contributed by atoms with E-state index in [0.717, 1.165) is 69.5 Å². The van der Waals surface area contributed by atoms with Crippen LogP contribution in [0.5, 0.6) is 5.75 Å². The first-order chi connectivity index (χ1) is 27.3. The van der Waals surface area contributed by atoms with Gasteiger partial charge in [-0.05, 0) is 94.5 Å². The second-order valence-corrected chi connectivity index (χ2v) is 16.7. The fourth-order valence-electron chi connectivity index (χ4n) is 10.3. The van der Waals surface area contributed by atoms with Gasteiger partial charge in [-0.3, -0.25) is 24.6 Å². The number of phenols is 1. The van der Waals surface area contributed by atoms with Crippen molar-refractivity contribution in [2.24, 2.45) is 5.92 Å². The molecule has 5 heterocycles. The van der Waals surface area contributed by atoms with E-state index in [2.05, 4.69) is 81.8 Å².